The van der Waals surface area contributed by atoms with Gasteiger partial charge in [-0.3, -0.25) is 4.79 Å². The number of nitrogens with zero attached hydrogens (tertiary/aromatic N) is 2. The highest BCUT2D eigenvalue weighted by Crippen LogP contribution is 2.23. The van der Waals surface area contributed by atoms with E-state index in [9.17, 15) is 4.79 Å². The number of amides is 1. The first-order valence-corrected chi connectivity index (χ1v) is 7.34. The predicted molar refractivity (Wildman–Crippen MR) is 85.7 cm³/mol. The van der Waals surface area contributed by atoms with Crippen LogP contribution < -0.4 is 4.90 Å². The first-order chi connectivity index (χ1) is 9.51. The quantitative estimate of drug-likeness (QED) is 0.760. The summed E-state index contributed by atoms with van der Waals surface area (Å²) in [7, 11) is 1.69. The highest BCUT2D eigenvalue weighted by atomic mass is 79.9. The second kappa shape index (κ2) is 6.21. The van der Waals surface area contributed by atoms with Gasteiger partial charge in [0.1, 0.15) is 0 Å². The minimum absolute atomic E-state index is 0.137. The standard InChI is InChI=1S/C15H10Br2N2O/c1-19(14-4-2-3-10(5-14)9-18)15(20)11-6-12(16)8-13(17)7-11/h2-8H,1H3. The molecule has 0 saturated carbocycles. The molecule has 100 valence electrons. The molecule has 0 aliphatic heterocycles. The zero-order valence-corrected chi connectivity index (χ0v) is 13.8. The van der Waals surface area contributed by atoms with Gasteiger partial charge in [0, 0.05) is 27.2 Å². The van der Waals surface area contributed by atoms with Crippen LogP contribution in [0.5, 0.6) is 0 Å². The minimum Gasteiger partial charge on any atom is -0.311 e. The smallest absolute Gasteiger partial charge is 0.258 e. The molecule has 3 nitrogen and oxygen atoms in total. The van der Waals surface area contributed by atoms with Crippen molar-refractivity contribution in [3.63, 3.8) is 0 Å². The molecule has 0 fully saturated rings. The predicted octanol–water partition coefficient (Wildman–Crippen LogP) is 4.36. The van der Waals surface area contributed by atoms with Gasteiger partial charge in [-0.25, -0.2) is 0 Å². The van der Waals surface area contributed by atoms with E-state index in [2.05, 4.69) is 37.9 Å². The molecule has 0 unspecified atom stereocenters. The Morgan fingerprint density at radius 1 is 1.15 bits per heavy atom. The molecular weight excluding hydrogens is 384 g/mol. The molecule has 2 aromatic carbocycles. The molecule has 0 atom stereocenters. The van der Waals surface area contributed by atoms with Crippen molar-refractivity contribution in [1.29, 1.82) is 5.26 Å². The molecule has 0 bridgehead atoms. The van der Waals surface area contributed by atoms with Gasteiger partial charge in [-0.2, -0.15) is 5.26 Å². The van der Waals surface area contributed by atoms with Gasteiger partial charge in [0.15, 0.2) is 0 Å². The Morgan fingerprint density at radius 2 is 1.80 bits per heavy atom. The number of halogens is 2. The zero-order chi connectivity index (χ0) is 14.7. The minimum atomic E-state index is -0.137. The van der Waals surface area contributed by atoms with Crippen molar-refractivity contribution < 1.29 is 4.79 Å². The summed E-state index contributed by atoms with van der Waals surface area (Å²) in [6, 6.07) is 14.4. The molecule has 2 rings (SSSR count). The Hall–Kier alpha value is -1.64. The molecule has 20 heavy (non-hydrogen) atoms. The van der Waals surface area contributed by atoms with Crippen molar-refractivity contribution in [3.8, 4) is 6.07 Å². The average molecular weight is 394 g/mol. The lowest BCUT2D eigenvalue weighted by molar-refractivity contribution is 0.0993. The second-order valence-electron chi connectivity index (χ2n) is 4.18. The molecule has 5 heteroatoms. The highest BCUT2D eigenvalue weighted by molar-refractivity contribution is 9.11. The maximum atomic E-state index is 12.5. The highest BCUT2D eigenvalue weighted by Gasteiger charge is 2.14. The fourth-order valence-corrected chi connectivity index (χ4v) is 3.07. The summed E-state index contributed by atoms with van der Waals surface area (Å²) in [5.74, 6) is -0.137. The number of hydrogen-bond acceptors (Lipinski definition) is 2. The average Bonchev–Trinajstić information content (AvgIpc) is 2.44. The largest absolute Gasteiger partial charge is 0.311 e. The Labute approximate surface area is 134 Å². The van der Waals surface area contributed by atoms with Gasteiger partial charge in [0.25, 0.3) is 5.91 Å². The number of anilines is 1. The SMILES string of the molecule is CN(C(=O)c1cc(Br)cc(Br)c1)c1cccc(C#N)c1. The van der Waals surface area contributed by atoms with Gasteiger partial charge in [0.2, 0.25) is 0 Å². The number of benzene rings is 2. The zero-order valence-electron chi connectivity index (χ0n) is 10.6. The maximum absolute atomic E-state index is 12.5. The maximum Gasteiger partial charge on any atom is 0.258 e. The van der Waals surface area contributed by atoms with Crippen molar-refractivity contribution in [2.45, 2.75) is 0 Å². The third-order valence-corrected chi connectivity index (χ3v) is 3.69. The van der Waals surface area contributed by atoms with Gasteiger partial charge < -0.3 is 4.90 Å². The van der Waals surface area contributed by atoms with Crippen LogP contribution in [0.1, 0.15) is 15.9 Å². The fraction of sp³-hybridized carbons (Fsp3) is 0.0667. The van der Waals surface area contributed by atoms with Crippen LogP contribution in [0, 0.1) is 11.3 Å². The summed E-state index contributed by atoms with van der Waals surface area (Å²) in [4.78, 5) is 14.0. The van der Waals surface area contributed by atoms with E-state index in [4.69, 9.17) is 5.26 Å². The van der Waals surface area contributed by atoms with Gasteiger partial charge in [-0.05, 0) is 36.4 Å². The normalized spacial score (nSPS) is 9.90. The molecule has 0 aliphatic rings. The Kier molecular flexibility index (Phi) is 4.58. The van der Waals surface area contributed by atoms with E-state index in [0.717, 1.165) is 8.95 Å². The van der Waals surface area contributed by atoms with Crippen molar-refractivity contribution in [2.24, 2.45) is 0 Å². The molecule has 0 saturated heterocycles. The molecule has 0 N–H and O–H groups in total. The Morgan fingerprint density at radius 3 is 2.40 bits per heavy atom. The second-order valence-corrected chi connectivity index (χ2v) is 6.02. The van der Waals surface area contributed by atoms with Crippen LogP contribution in [-0.2, 0) is 0 Å². The topological polar surface area (TPSA) is 44.1 Å². The number of rotatable bonds is 2. The lowest BCUT2D eigenvalue weighted by atomic mass is 10.1. The van der Waals surface area contributed by atoms with Crippen LogP contribution in [0.4, 0.5) is 5.69 Å². The summed E-state index contributed by atoms with van der Waals surface area (Å²) in [5, 5.41) is 8.91. The first kappa shape index (κ1) is 14.8. The van der Waals surface area contributed by atoms with E-state index < -0.39 is 0 Å². The number of hydrogen-bond donors (Lipinski definition) is 0. The molecule has 2 aromatic rings. The van der Waals surface area contributed by atoms with E-state index in [1.807, 2.05) is 6.07 Å². The van der Waals surface area contributed by atoms with E-state index in [0.29, 0.717) is 16.8 Å². The van der Waals surface area contributed by atoms with Gasteiger partial charge >= 0.3 is 0 Å². The van der Waals surface area contributed by atoms with Crippen molar-refractivity contribution in [2.75, 3.05) is 11.9 Å². The summed E-state index contributed by atoms with van der Waals surface area (Å²) >= 11 is 6.73. The molecule has 0 radical (unpaired) electrons. The lowest BCUT2D eigenvalue weighted by Gasteiger charge is -2.18. The molecule has 0 aromatic heterocycles. The van der Waals surface area contributed by atoms with Crippen LogP contribution in [-0.4, -0.2) is 13.0 Å². The van der Waals surface area contributed by atoms with E-state index in [1.165, 1.54) is 4.90 Å². The summed E-state index contributed by atoms with van der Waals surface area (Å²) in [5.41, 5.74) is 1.78. The van der Waals surface area contributed by atoms with Crippen molar-refractivity contribution >= 4 is 43.5 Å². The van der Waals surface area contributed by atoms with Crippen molar-refractivity contribution in [3.05, 3.63) is 62.5 Å². The third kappa shape index (κ3) is 3.27. The molecule has 0 heterocycles. The summed E-state index contributed by atoms with van der Waals surface area (Å²) in [6.45, 7) is 0. The Balaban J connectivity index is 2.35. The first-order valence-electron chi connectivity index (χ1n) is 5.75. The van der Waals surface area contributed by atoms with E-state index >= 15 is 0 Å². The fourth-order valence-electron chi connectivity index (χ4n) is 1.77. The number of carbonyl (C=O) groups is 1. The van der Waals surface area contributed by atoms with Crippen LogP contribution in [0.25, 0.3) is 0 Å². The summed E-state index contributed by atoms with van der Waals surface area (Å²) in [6.07, 6.45) is 0. The number of carbonyl (C=O) groups excluding carboxylic acids is 1. The van der Waals surface area contributed by atoms with Crippen LogP contribution >= 0.6 is 31.9 Å². The van der Waals surface area contributed by atoms with Crippen molar-refractivity contribution in [1.82, 2.24) is 0 Å². The van der Waals surface area contributed by atoms with E-state index in [1.54, 1.807) is 43.4 Å². The van der Waals surface area contributed by atoms with Gasteiger partial charge in [-0.1, -0.05) is 37.9 Å². The molecule has 0 spiro atoms. The monoisotopic (exact) mass is 392 g/mol. The Bertz CT molecular complexity index is 687. The molecule has 0 aliphatic carbocycles. The molecular formula is C15H10Br2N2O. The number of nitriles is 1. The third-order valence-electron chi connectivity index (χ3n) is 2.78. The summed E-state index contributed by atoms with van der Waals surface area (Å²) < 4.78 is 1.66. The van der Waals surface area contributed by atoms with Crippen LogP contribution in [0.2, 0.25) is 0 Å². The molecule has 1 amide bonds. The van der Waals surface area contributed by atoms with E-state index in [-0.39, 0.29) is 5.91 Å². The van der Waals surface area contributed by atoms with Crippen LogP contribution in [0.3, 0.4) is 0 Å². The van der Waals surface area contributed by atoms with Crippen LogP contribution in [0.15, 0.2) is 51.4 Å². The van der Waals surface area contributed by atoms with Gasteiger partial charge in [-0.15, -0.1) is 0 Å². The van der Waals surface area contributed by atoms with Gasteiger partial charge in [0.05, 0.1) is 11.6 Å². The lowest BCUT2D eigenvalue weighted by Crippen LogP contribution is -2.26.